The maximum absolute atomic E-state index is 10.3. The fourth-order valence-electron chi connectivity index (χ4n) is 1.01. The molecule has 0 saturated carbocycles. The molecule has 2 rings (SSSR count). The molecule has 0 radical (unpaired) electrons. The zero-order valence-electron chi connectivity index (χ0n) is 8.54. The molecule has 0 aliphatic rings. The number of rotatable bonds is 2. The van der Waals surface area contributed by atoms with Gasteiger partial charge < -0.3 is 34.6 Å². The maximum atomic E-state index is 10.3. The van der Waals surface area contributed by atoms with Crippen LogP contribution in [0.4, 0.5) is 0 Å². The summed E-state index contributed by atoms with van der Waals surface area (Å²) in [7, 11) is 0. The average molecular weight is 356 g/mol. The first-order chi connectivity index (χ1) is 7.61. The van der Waals surface area contributed by atoms with Crippen molar-refractivity contribution in [2.24, 2.45) is 0 Å². The number of hydrogen-bond acceptors (Lipinski definition) is 2. The molecule has 0 heterocycles. The van der Waals surface area contributed by atoms with Gasteiger partial charge in [-0.25, -0.2) is 12.1 Å². The first-order valence-corrected chi connectivity index (χ1v) is 5.20. The molecule has 0 unspecified atom stereocenters. The van der Waals surface area contributed by atoms with Crippen LogP contribution in [0.2, 0.25) is 0 Å². The summed E-state index contributed by atoms with van der Waals surface area (Å²) in [5.41, 5.74) is 1.12. The molecule has 2 nitrogen and oxygen atoms in total. The van der Waals surface area contributed by atoms with E-state index in [2.05, 4.69) is 0 Å². The molecule has 0 saturated heterocycles. The van der Waals surface area contributed by atoms with E-state index in [9.17, 15) is 9.59 Å². The molecule has 0 spiro atoms. The summed E-state index contributed by atoms with van der Waals surface area (Å²) >= 11 is 10.2. The molecule has 0 N–H and O–H groups in total. The van der Waals surface area contributed by atoms with Crippen molar-refractivity contribution in [1.82, 2.24) is 0 Å². The molecule has 2 aromatic rings. The second-order valence-electron chi connectivity index (χ2n) is 2.89. The predicted octanol–water partition coefficient (Wildman–Crippen LogP) is 3.57. The molecule has 0 amide bonds. The maximum Gasteiger partial charge on any atom is 0.197 e. The summed E-state index contributed by atoms with van der Waals surface area (Å²) < 4.78 is 0. The fourth-order valence-corrected chi connectivity index (χ4v) is 1.26. The zero-order chi connectivity index (χ0) is 12.0. The van der Waals surface area contributed by atoms with Crippen LogP contribution in [0.1, 0.15) is 20.7 Å². The summed E-state index contributed by atoms with van der Waals surface area (Å²) in [6.07, 6.45) is 0. The van der Waals surface area contributed by atoms with Gasteiger partial charge in [-0.1, -0.05) is 17.2 Å². The first-order valence-electron chi connectivity index (χ1n) is 4.44. The van der Waals surface area contributed by atoms with Crippen LogP contribution in [0.3, 0.4) is 0 Å². The van der Waals surface area contributed by atoms with Gasteiger partial charge in [0.25, 0.3) is 0 Å². The van der Waals surface area contributed by atoms with Gasteiger partial charge in [-0.2, -0.15) is 17.4 Å². The van der Waals surface area contributed by atoms with E-state index in [0.29, 0.717) is 11.1 Å². The minimum Gasteiger partial charge on any atom is -0.703 e. The molecule has 5 heteroatoms. The number of carbonyl (C=O) groups excluding carboxylic acids is 2. The van der Waals surface area contributed by atoms with Crippen molar-refractivity contribution >= 4 is 33.7 Å². The SMILES string of the molecule is O=C(Cl)[c-]1[cH-][cH-][cH-][cH-]1.O=C(Cl)[c-]1cccc1.[Ru]. The van der Waals surface area contributed by atoms with Gasteiger partial charge in [-0.15, -0.1) is 0 Å². The van der Waals surface area contributed by atoms with Crippen molar-refractivity contribution in [3.8, 4) is 0 Å². The minimum atomic E-state index is -0.394. The Balaban J connectivity index is 0.000000284. The van der Waals surface area contributed by atoms with E-state index in [0.717, 1.165) is 0 Å². The van der Waals surface area contributed by atoms with Crippen LogP contribution < -0.4 is 0 Å². The molecular formula is C12H8Cl2O2Ru-6. The van der Waals surface area contributed by atoms with Gasteiger partial charge in [0, 0.05) is 19.5 Å². The number of hydrogen-bond donors (Lipinski definition) is 0. The Hall–Kier alpha value is -0.757. The van der Waals surface area contributed by atoms with Crippen LogP contribution in [0.25, 0.3) is 0 Å². The molecule has 0 bridgehead atoms. The predicted molar refractivity (Wildman–Crippen MR) is 64.4 cm³/mol. The molecular weight excluding hydrogens is 348 g/mol. The summed E-state index contributed by atoms with van der Waals surface area (Å²) in [4.78, 5) is 20.5. The van der Waals surface area contributed by atoms with Crippen LogP contribution in [0.15, 0.2) is 48.5 Å². The standard InChI is InChI=1S/2C6H4ClO.Ru/c2*7-6(8)5-3-1-2-4-5;/h2*1-4H;/q-5;-1;. The third-order valence-electron chi connectivity index (χ3n) is 1.78. The van der Waals surface area contributed by atoms with Gasteiger partial charge in [0.1, 0.15) is 0 Å². The largest absolute Gasteiger partial charge is 0.703 e. The molecule has 2 aromatic carbocycles. The second kappa shape index (κ2) is 8.35. The Labute approximate surface area is 122 Å². The van der Waals surface area contributed by atoms with Crippen LogP contribution in [-0.2, 0) is 19.5 Å². The van der Waals surface area contributed by atoms with E-state index >= 15 is 0 Å². The van der Waals surface area contributed by atoms with Crippen LogP contribution in [0.5, 0.6) is 0 Å². The monoisotopic (exact) mass is 356 g/mol. The van der Waals surface area contributed by atoms with E-state index < -0.39 is 10.5 Å². The molecule has 0 fully saturated rings. The van der Waals surface area contributed by atoms with Crippen LogP contribution in [-0.4, -0.2) is 10.5 Å². The third kappa shape index (κ3) is 5.92. The van der Waals surface area contributed by atoms with Gasteiger partial charge in [0.15, 0.2) is 5.24 Å². The topological polar surface area (TPSA) is 34.1 Å². The van der Waals surface area contributed by atoms with E-state index in [1.54, 1.807) is 48.5 Å². The van der Waals surface area contributed by atoms with E-state index in [1.165, 1.54) is 0 Å². The second-order valence-corrected chi connectivity index (χ2v) is 3.58. The summed E-state index contributed by atoms with van der Waals surface area (Å²) in [6.45, 7) is 0. The fraction of sp³-hybridized carbons (Fsp3) is 0. The summed E-state index contributed by atoms with van der Waals surface area (Å²) in [5.74, 6) is 0. The summed E-state index contributed by atoms with van der Waals surface area (Å²) in [5, 5.41) is -0.787. The van der Waals surface area contributed by atoms with Crippen molar-refractivity contribution in [3.05, 3.63) is 59.7 Å². The van der Waals surface area contributed by atoms with E-state index in [-0.39, 0.29) is 19.5 Å². The zero-order valence-corrected chi connectivity index (χ0v) is 11.8. The van der Waals surface area contributed by atoms with Gasteiger partial charge in [0.2, 0.25) is 0 Å². The normalized spacial score (nSPS) is 8.59. The average Bonchev–Trinajstić information content (AvgIpc) is 2.93. The Bertz CT molecular complexity index is 403. The number of carbonyl (C=O) groups is 2. The van der Waals surface area contributed by atoms with Gasteiger partial charge in [-0.3, -0.25) is 16.4 Å². The molecule has 96 valence electrons. The molecule has 0 aliphatic carbocycles. The summed E-state index contributed by atoms with van der Waals surface area (Å²) in [6, 6.07) is 13.8. The van der Waals surface area contributed by atoms with Gasteiger partial charge in [0.05, 0.1) is 0 Å². The quantitative estimate of drug-likeness (QED) is 0.468. The van der Waals surface area contributed by atoms with E-state index in [1.807, 2.05) is 0 Å². The Morgan fingerprint density at radius 2 is 1.41 bits per heavy atom. The first kappa shape index (κ1) is 16.2. The van der Waals surface area contributed by atoms with Crippen molar-refractivity contribution in [2.45, 2.75) is 0 Å². The van der Waals surface area contributed by atoms with Crippen molar-refractivity contribution in [2.75, 3.05) is 0 Å². The van der Waals surface area contributed by atoms with Crippen LogP contribution >= 0.6 is 23.2 Å². The Kier molecular flexibility index (Phi) is 7.98. The van der Waals surface area contributed by atoms with E-state index in [4.69, 9.17) is 23.2 Å². The molecule has 17 heavy (non-hydrogen) atoms. The molecule has 0 aliphatic heterocycles. The Morgan fingerprint density at radius 3 is 1.65 bits per heavy atom. The van der Waals surface area contributed by atoms with Gasteiger partial charge >= 0.3 is 0 Å². The number of halogens is 2. The third-order valence-corrected chi connectivity index (χ3v) is 2.22. The molecule has 0 atom stereocenters. The molecule has 0 aromatic heterocycles. The van der Waals surface area contributed by atoms with Crippen molar-refractivity contribution in [1.29, 1.82) is 0 Å². The van der Waals surface area contributed by atoms with Gasteiger partial charge in [-0.05, 0) is 0 Å². The van der Waals surface area contributed by atoms with Crippen molar-refractivity contribution in [3.63, 3.8) is 0 Å². The Morgan fingerprint density at radius 1 is 0.941 bits per heavy atom. The van der Waals surface area contributed by atoms with Crippen molar-refractivity contribution < 1.29 is 29.1 Å². The smallest absolute Gasteiger partial charge is 0.197 e. The van der Waals surface area contributed by atoms with Crippen LogP contribution in [0, 0.1) is 0 Å². The minimum absolute atomic E-state index is 0.